The highest BCUT2D eigenvalue weighted by Crippen LogP contribution is 2.39. The number of hydrogen-bond acceptors (Lipinski definition) is 2. The van der Waals surface area contributed by atoms with Crippen LogP contribution in [0.15, 0.2) is 24.3 Å². The number of aliphatic hydroxyl groups excluding tert-OH is 1. The third kappa shape index (κ3) is 1.95. The molecule has 0 spiro atoms. The van der Waals surface area contributed by atoms with Gasteiger partial charge in [-0.15, -0.1) is 0 Å². The third-order valence-electron chi connectivity index (χ3n) is 4.46. The van der Waals surface area contributed by atoms with Gasteiger partial charge in [0.1, 0.15) is 0 Å². The molecule has 92 valence electrons. The number of rotatable bonds is 2. The van der Waals surface area contributed by atoms with Crippen molar-refractivity contribution in [1.82, 2.24) is 0 Å². The van der Waals surface area contributed by atoms with E-state index in [1.807, 2.05) is 12.1 Å². The molecule has 1 aliphatic carbocycles. The first-order valence-corrected chi connectivity index (χ1v) is 6.85. The van der Waals surface area contributed by atoms with Crippen LogP contribution < -0.4 is 4.90 Å². The number of benzene rings is 1. The van der Waals surface area contributed by atoms with E-state index in [9.17, 15) is 5.11 Å². The van der Waals surface area contributed by atoms with Gasteiger partial charge in [0.25, 0.3) is 0 Å². The molecule has 1 saturated carbocycles. The van der Waals surface area contributed by atoms with Crippen LogP contribution in [0.2, 0.25) is 0 Å². The number of nitrogens with zero attached hydrogens (tertiary/aromatic N) is 1. The van der Waals surface area contributed by atoms with E-state index in [2.05, 4.69) is 17.0 Å². The van der Waals surface area contributed by atoms with Crippen molar-refractivity contribution in [3.8, 4) is 0 Å². The standard InChI is InChI=1S/C15H21NO/c17-11-13-5-1-2-8-15(13)16-10-4-7-12-6-3-9-14(12)16/h1-2,5,8,12,14,17H,3-4,6-7,9-11H2. The maximum atomic E-state index is 9.46. The third-order valence-corrected chi connectivity index (χ3v) is 4.46. The lowest BCUT2D eigenvalue weighted by molar-refractivity contribution is 0.280. The van der Waals surface area contributed by atoms with E-state index >= 15 is 0 Å². The molecule has 2 fully saturated rings. The summed E-state index contributed by atoms with van der Waals surface area (Å²) in [4.78, 5) is 2.56. The summed E-state index contributed by atoms with van der Waals surface area (Å²) in [5, 5.41) is 9.46. The Morgan fingerprint density at radius 1 is 1.12 bits per heavy atom. The van der Waals surface area contributed by atoms with Gasteiger partial charge in [0.05, 0.1) is 6.61 Å². The molecule has 0 aromatic heterocycles. The molecule has 1 N–H and O–H groups in total. The highest BCUT2D eigenvalue weighted by atomic mass is 16.3. The quantitative estimate of drug-likeness (QED) is 0.846. The first-order chi connectivity index (χ1) is 8.40. The van der Waals surface area contributed by atoms with Crippen LogP contribution in [0.1, 0.15) is 37.7 Å². The number of piperidine rings is 1. The molecule has 17 heavy (non-hydrogen) atoms. The molecule has 1 saturated heterocycles. The fraction of sp³-hybridized carbons (Fsp3) is 0.600. The Morgan fingerprint density at radius 3 is 2.82 bits per heavy atom. The smallest absolute Gasteiger partial charge is 0.0702 e. The Morgan fingerprint density at radius 2 is 1.94 bits per heavy atom. The van der Waals surface area contributed by atoms with Crippen LogP contribution in [-0.2, 0) is 6.61 Å². The topological polar surface area (TPSA) is 23.5 Å². The average molecular weight is 231 g/mol. The Hall–Kier alpha value is -1.02. The van der Waals surface area contributed by atoms with Crippen LogP contribution in [0.25, 0.3) is 0 Å². The zero-order valence-corrected chi connectivity index (χ0v) is 10.3. The Balaban J connectivity index is 1.91. The van der Waals surface area contributed by atoms with Crippen molar-refractivity contribution in [2.75, 3.05) is 11.4 Å². The molecule has 1 aromatic carbocycles. The van der Waals surface area contributed by atoms with Gasteiger partial charge in [-0.05, 0) is 37.7 Å². The van der Waals surface area contributed by atoms with Crippen molar-refractivity contribution in [3.05, 3.63) is 29.8 Å². The summed E-state index contributed by atoms with van der Waals surface area (Å²) >= 11 is 0. The van der Waals surface area contributed by atoms with E-state index in [4.69, 9.17) is 0 Å². The molecule has 2 aliphatic rings. The molecule has 3 rings (SSSR count). The normalized spacial score (nSPS) is 28.2. The van der Waals surface area contributed by atoms with Gasteiger partial charge < -0.3 is 10.0 Å². The summed E-state index contributed by atoms with van der Waals surface area (Å²) < 4.78 is 0. The molecule has 1 heterocycles. The molecule has 0 amide bonds. The van der Waals surface area contributed by atoms with Gasteiger partial charge in [0.2, 0.25) is 0 Å². The zero-order valence-electron chi connectivity index (χ0n) is 10.3. The lowest BCUT2D eigenvalue weighted by Crippen LogP contribution is -2.43. The van der Waals surface area contributed by atoms with E-state index in [1.54, 1.807) is 0 Å². The minimum Gasteiger partial charge on any atom is -0.392 e. The van der Waals surface area contributed by atoms with Crippen LogP contribution >= 0.6 is 0 Å². The van der Waals surface area contributed by atoms with Crippen LogP contribution in [0.5, 0.6) is 0 Å². The fourth-order valence-corrected chi connectivity index (χ4v) is 3.68. The Labute approximate surface area is 103 Å². The second kappa shape index (κ2) is 4.69. The second-order valence-corrected chi connectivity index (χ2v) is 5.38. The van der Waals surface area contributed by atoms with Gasteiger partial charge in [-0.3, -0.25) is 0 Å². The van der Waals surface area contributed by atoms with Crippen molar-refractivity contribution in [2.24, 2.45) is 5.92 Å². The van der Waals surface area contributed by atoms with Gasteiger partial charge >= 0.3 is 0 Å². The zero-order chi connectivity index (χ0) is 11.7. The molecule has 0 bridgehead atoms. The highest BCUT2D eigenvalue weighted by Gasteiger charge is 2.35. The van der Waals surface area contributed by atoms with Crippen LogP contribution in [-0.4, -0.2) is 17.7 Å². The van der Waals surface area contributed by atoms with Gasteiger partial charge in [0.15, 0.2) is 0 Å². The van der Waals surface area contributed by atoms with E-state index < -0.39 is 0 Å². The minimum atomic E-state index is 0.157. The molecular weight excluding hydrogens is 210 g/mol. The predicted octanol–water partition coefficient (Wildman–Crippen LogP) is 2.95. The van der Waals surface area contributed by atoms with Gasteiger partial charge in [0, 0.05) is 23.8 Å². The van der Waals surface area contributed by atoms with Crippen LogP contribution in [0, 0.1) is 5.92 Å². The van der Waals surface area contributed by atoms with Crippen molar-refractivity contribution in [1.29, 1.82) is 0 Å². The average Bonchev–Trinajstić information content (AvgIpc) is 2.86. The van der Waals surface area contributed by atoms with Crippen molar-refractivity contribution < 1.29 is 5.11 Å². The molecule has 1 aliphatic heterocycles. The molecule has 2 unspecified atom stereocenters. The van der Waals surface area contributed by atoms with Crippen LogP contribution in [0.3, 0.4) is 0 Å². The van der Waals surface area contributed by atoms with Gasteiger partial charge in [-0.25, -0.2) is 0 Å². The molecule has 1 aromatic rings. The number of fused-ring (bicyclic) bond motifs is 1. The molecule has 0 radical (unpaired) electrons. The van der Waals surface area contributed by atoms with Crippen LogP contribution in [0.4, 0.5) is 5.69 Å². The molecule has 2 nitrogen and oxygen atoms in total. The van der Waals surface area contributed by atoms with E-state index in [0.717, 1.165) is 24.1 Å². The second-order valence-electron chi connectivity index (χ2n) is 5.38. The first-order valence-electron chi connectivity index (χ1n) is 6.85. The molecule has 2 atom stereocenters. The fourth-order valence-electron chi connectivity index (χ4n) is 3.68. The lowest BCUT2D eigenvalue weighted by Gasteiger charge is -2.40. The van der Waals surface area contributed by atoms with E-state index in [1.165, 1.54) is 37.8 Å². The number of hydrogen-bond donors (Lipinski definition) is 1. The summed E-state index contributed by atoms with van der Waals surface area (Å²) in [7, 11) is 0. The summed E-state index contributed by atoms with van der Waals surface area (Å²) in [6.07, 6.45) is 6.84. The van der Waals surface area contributed by atoms with Gasteiger partial charge in [-0.2, -0.15) is 0 Å². The van der Waals surface area contributed by atoms with Gasteiger partial charge in [-0.1, -0.05) is 24.6 Å². The van der Waals surface area contributed by atoms with E-state index in [0.29, 0.717) is 0 Å². The maximum absolute atomic E-state index is 9.46. The first kappa shape index (κ1) is 11.1. The van der Waals surface area contributed by atoms with Crippen molar-refractivity contribution in [2.45, 2.75) is 44.8 Å². The number of aliphatic hydroxyl groups is 1. The minimum absolute atomic E-state index is 0.157. The Kier molecular flexibility index (Phi) is 3.06. The van der Waals surface area contributed by atoms with Crippen molar-refractivity contribution >= 4 is 5.69 Å². The summed E-state index contributed by atoms with van der Waals surface area (Å²) in [5.74, 6) is 0.899. The number of para-hydroxylation sites is 1. The molecular formula is C15H21NO. The monoisotopic (exact) mass is 231 g/mol. The summed E-state index contributed by atoms with van der Waals surface area (Å²) in [6.45, 7) is 1.32. The summed E-state index contributed by atoms with van der Waals surface area (Å²) in [6, 6.07) is 9.06. The van der Waals surface area contributed by atoms with Crippen molar-refractivity contribution in [3.63, 3.8) is 0 Å². The predicted molar refractivity (Wildman–Crippen MR) is 70.1 cm³/mol. The largest absolute Gasteiger partial charge is 0.392 e. The number of anilines is 1. The molecule has 2 heteroatoms. The summed E-state index contributed by atoms with van der Waals surface area (Å²) in [5.41, 5.74) is 2.35. The highest BCUT2D eigenvalue weighted by molar-refractivity contribution is 5.54. The SMILES string of the molecule is OCc1ccccc1N1CCCC2CCCC21. The Bertz CT molecular complexity index is 390. The maximum Gasteiger partial charge on any atom is 0.0702 e. The lowest BCUT2D eigenvalue weighted by atomic mass is 9.91. The van der Waals surface area contributed by atoms with E-state index in [-0.39, 0.29) is 6.61 Å².